The lowest BCUT2D eigenvalue weighted by molar-refractivity contribution is -0.237. The highest BCUT2D eigenvalue weighted by Crippen LogP contribution is 2.53. The van der Waals surface area contributed by atoms with E-state index in [1.807, 2.05) is 72.3 Å². The zero-order chi connectivity index (χ0) is 23.4. The molecule has 6 rings (SSSR count). The molecular weight excluding hydrogens is 450 g/mol. The van der Waals surface area contributed by atoms with Crippen molar-refractivity contribution in [2.45, 2.75) is 25.2 Å². The number of para-hydroxylation sites is 1. The lowest BCUT2D eigenvalue weighted by atomic mass is 9.85. The number of fused-ring (bicyclic) bond motifs is 6. The second-order valence-corrected chi connectivity index (χ2v) is 9.27. The van der Waals surface area contributed by atoms with E-state index in [0.29, 0.717) is 29.2 Å². The van der Waals surface area contributed by atoms with Crippen molar-refractivity contribution in [2.24, 2.45) is 0 Å². The van der Waals surface area contributed by atoms with Gasteiger partial charge in [-0.25, -0.2) is 0 Å². The van der Waals surface area contributed by atoms with Crippen LogP contribution in [0.5, 0.6) is 17.2 Å². The smallest absolute Gasteiger partial charge is 0.265 e. The van der Waals surface area contributed by atoms with E-state index >= 15 is 0 Å². The predicted octanol–water partition coefficient (Wildman–Crippen LogP) is 5.13. The van der Waals surface area contributed by atoms with Crippen molar-refractivity contribution >= 4 is 11.3 Å². The van der Waals surface area contributed by atoms with E-state index in [2.05, 4.69) is 0 Å². The molecule has 1 unspecified atom stereocenters. The summed E-state index contributed by atoms with van der Waals surface area (Å²) in [5.41, 5.74) is 4.72. The first kappa shape index (κ1) is 21.0. The van der Waals surface area contributed by atoms with Crippen molar-refractivity contribution in [1.29, 1.82) is 0 Å². The van der Waals surface area contributed by atoms with E-state index in [-0.39, 0.29) is 5.56 Å². The summed E-state index contributed by atoms with van der Waals surface area (Å²) in [5, 5.41) is 4.04. The molecule has 4 aromatic rings. The van der Waals surface area contributed by atoms with Gasteiger partial charge < -0.3 is 18.9 Å². The van der Waals surface area contributed by atoms with E-state index in [0.717, 1.165) is 28.1 Å². The Hall–Kier alpha value is -3.55. The largest absolute Gasteiger partial charge is 0.493 e. The Balaban J connectivity index is 1.64. The Morgan fingerprint density at radius 2 is 1.82 bits per heavy atom. The monoisotopic (exact) mass is 473 g/mol. The highest BCUT2D eigenvalue weighted by molar-refractivity contribution is 7.08. The fourth-order valence-corrected chi connectivity index (χ4v) is 5.69. The minimum absolute atomic E-state index is 0.159. The fourth-order valence-electron chi connectivity index (χ4n) is 4.98. The predicted molar refractivity (Wildman–Crippen MR) is 130 cm³/mol. The summed E-state index contributed by atoms with van der Waals surface area (Å²) in [4.78, 5) is 14.0. The Kier molecular flexibility index (Phi) is 4.79. The van der Waals surface area contributed by atoms with Gasteiger partial charge in [0, 0.05) is 34.8 Å². The third-order valence-corrected chi connectivity index (χ3v) is 7.25. The van der Waals surface area contributed by atoms with Crippen LogP contribution >= 0.6 is 11.3 Å². The maximum atomic E-state index is 14.0. The average Bonchev–Trinajstić information content (AvgIpc) is 3.39. The van der Waals surface area contributed by atoms with Crippen LogP contribution in [0.3, 0.4) is 0 Å². The van der Waals surface area contributed by atoms with Crippen LogP contribution in [0.4, 0.5) is 0 Å². The van der Waals surface area contributed by atoms with Crippen molar-refractivity contribution in [2.75, 3.05) is 14.2 Å². The molecule has 0 amide bonds. The van der Waals surface area contributed by atoms with Crippen LogP contribution in [0.25, 0.3) is 5.69 Å². The third-order valence-electron chi connectivity index (χ3n) is 6.56. The van der Waals surface area contributed by atoms with Gasteiger partial charge in [-0.1, -0.05) is 18.2 Å². The average molecular weight is 474 g/mol. The number of rotatable bonds is 4. The Bertz CT molecular complexity index is 1440. The van der Waals surface area contributed by atoms with Gasteiger partial charge in [0.15, 0.2) is 11.5 Å². The summed E-state index contributed by atoms with van der Waals surface area (Å²) in [5.74, 6) is 0.753. The van der Waals surface area contributed by atoms with Crippen LogP contribution in [-0.4, -0.2) is 18.8 Å². The van der Waals surface area contributed by atoms with Gasteiger partial charge in [-0.3, -0.25) is 9.36 Å². The molecule has 7 heteroatoms. The van der Waals surface area contributed by atoms with Gasteiger partial charge in [0.1, 0.15) is 11.9 Å². The summed E-state index contributed by atoms with van der Waals surface area (Å²) < 4.78 is 26.1. The number of aromatic nitrogens is 1. The summed E-state index contributed by atoms with van der Waals surface area (Å²) in [6.07, 6.45) is -0.133. The van der Waals surface area contributed by atoms with Crippen molar-refractivity contribution in [3.63, 3.8) is 0 Å². The first-order valence-corrected chi connectivity index (χ1v) is 11.9. The molecule has 0 saturated carbocycles. The Morgan fingerprint density at radius 3 is 2.53 bits per heavy atom. The van der Waals surface area contributed by atoms with Crippen LogP contribution < -0.4 is 19.8 Å². The summed E-state index contributed by atoms with van der Waals surface area (Å²) in [6, 6.07) is 17.4. The van der Waals surface area contributed by atoms with Crippen LogP contribution in [0, 0.1) is 6.92 Å². The number of thiophene rings is 1. The third kappa shape index (κ3) is 3.01. The second-order valence-electron chi connectivity index (χ2n) is 8.49. The summed E-state index contributed by atoms with van der Waals surface area (Å²) in [6.45, 7) is 1.92. The molecule has 34 heavy (non-hydrogen) atoms. The molecule has 0 N–H and O–H groups in total. The Labute approximate surface area is 200 Å². The number of pyridine rings is 1. The number of aryl methyl sites for hydroxylation is 1. The van der Waals surface area contributed by atoms with E-state index in [1.54, 1.807) is 30.1 Å². The van der Waals surface area contributed by atoms with Crippen LogP contribution in [0.15, 0.2) is 70.2 Å². The first-order chi connectivity index (χ1) is 16.5. The van der Waals surface area contributed by atoms with Gasteiger partial charge >= 0.3 is 0 Å². The molecule has 2 aliphatic heterocycles. The molecule has 172 valence electrons. The molecular formula is C27H23NO5S. The van der Waals surface area contributed by atoms with Crippen LogP contribution in [0.2, 0.25) is 0 Å². The molecule has 0 aliphatic carbocycles. The second kappa shape index (κ2) is 7.75. The van der Waals surface area contributed by atoms with Gasteiger partial charge in [0.2, 0.25) is 5.79 Å². The molecule has 0 saturated heterocycles. The minimum Gasteiger partial charge on any atom is -0.493 e. The summed E-state index contributed by atoms with van der Waals surface area (Å²) in [7, 11) is 3.22. The topological polar surface area (TPSA) is 58.9 Å². The first-order valence-electron chi connectivity index (χ1n) is 11.0. The normalized spacial score (nSPS) is 20.1. The van der Waals surface area contributed by atoms with Crippen LogP contribution in [0.1, 0.15) is 34.1 Å². The molecule has 0 radical (unpaired) electrons. The lowest BCUT2D eigenvalue weighted by Crippen LogP contribution is -2.48. The highest BCUT2D eigenvalue weighted by atomic mass is 32.1. The summed E-state index contributed by atoms with van der Waals surface area (Å²) >= 11 is 1.58. The zero-order valence-electron chi connectivity index (χ0n) is 19.0. The lowest BCUT2D eigenvalue weighted by Gasteiger charge is -2.46. The maximum Gasteiger partial charge on any atom is 0.265 e. The molecule has 4 heterocycles. The van der Waals surface area contributed by atoms with E-state index in [1.165, 1.54) is 0 Å². The fraction of sp³-hybridized carbons (Fsp3) is 0.222. The molecule has 0 fully saturated rings. The van der Waals surface area contributed by atoms with E-state index in [4.69, 9.17) is 18.9 Å². The highest BCUT2D eigenvalue weighted by Gasteiger charge is 2.50. The van der Waals surface area contributed by atoms with Gasteiger partial charge in [-0.2, -0.15) is 11.3 Å². The van der Waals surface area contributed by atoms with Gasteiger partial charge in [-0.05, 0) is 53.8 Å². The van der Waals surface area contributed by atoms with E-state index in [9.17, 15) is 4.79 Å². The van der Waals surface area contributed by atoms with Gasteiger partial charge in [-0.15, -0.1) is 0 Å². The quantitative estimate of drug-likeness (QED) is 0.411. The van der Waals surface area contributed by atoms with Crippen molar-refractivity contribution in [3.05, 3.63) is 104 Å². The number of benzene rings is 2. The Morgan fingerprint density at radius 1 is 1.06 bits per heavy atom. The number of hydrogen-bond donors (Lipinski definition) is 0. The number of methoxy groups -OCH3 is 2. The van der Waals surface area contributed by atoms with Gasteiger partial charge in [0.05, 0.1) is 19.8 Å². The molecule has 2 aliphatic rings. The molecule has 2 atom stereocenters. The minimum atomic E-state index is -1.03. The number of nitrogens with zero attached hydrogens (tertiary/aromatic N) is 1. The standard InChI is InChI=1S/C27H23NO5S/c1-16-11-23-24(26(29)28(16)19-7-5-4-6-8-19)25-20-13-22(31-3)21(30-2)12-17(20)14-27(32-23,33-25)18-9-10-34-15-18/h4-13,15,25H,14H2,1-3H3/t25?,27-/m0/s1. The maximum absolute atomic E-state index is 14.0. The van der Waals surface area contributed by atoms with Crippen molar-refractivity contribution in [3.8, 4) is 22.9 Å². The molecule has 2 bridgehead atoms. The molecule has 2 aromatic heterocycles. The van der Waals surface area contributed by atoms with Gasteiger partial charge in [0.25, 0.3) is 5.56 Å². The number of hydrogen-bond acceptors (Lipinski definition) is 6. The molecule has 6 nitrogen and oxygen atoms in total. The SMILES string of the molecule is COc1cc2c(cc1OC)C1O[C@](c3ccsc3)(C2)Oc2cc(C)n(-c3ccccc3)c(=O)c21. The zero-order valence-corrected chi connectivity index (χ0v) is 19.8. The molecule has 2 aromatic carbocycles. The molecule has 0 spiro atoms. The van der Waals surface area contributed by atoms with Crippen LogP contribution in [-0.2, 0) is 16.9 Å². The van der Waals surface area contributed by atoms with E-state index < -0.39 is 11.9 Å². The number of ether oxygens (including phenoxy) is 4. The van der Waals surface area contributed by atoms with Crippen molar-refractivity contribution in [1.82, 2.24) is 4.57 Å². The van der Waals surface area contributed by atoms with Crippen molar-refractivity contribution < 1.29 is 18.9 Å².